The van der Waals surface area contributed by atoms with E-state index in [0.29, 0.717) is 18.8 Å². The van der Waals surface area contributed by atoms with E-state index >= 15 is 0 Å². The minimum absolute atomic E-state index is 0.246. The number of nitrogens with one attached hydrogen (secondary N) is 1. The highest BCUT2D eigenvalue weighted by Gasteiger charge is 2.06. The van der Waals surface area contributed by atoms with Crippen LogP contribution in [-0.4, -0.2) is 36.5 Å². The molecule has 0 saturated carbocycles. The Morgan fingerprint density at radius 1 is 1.29 bits per heavy atom. The Kier molecular flexibility index (Phi) is 5.98. The van der Waals surface area contributed by atoms with Crippen molar-refractivity contribution in [2.24, 2.45) is 0 Å². The van der Waals surface area contributed by atoms with Crippen LogP contribution in [0.3, 0.4) is 0 Å². The molecule has 0 amide bonds. The fraction of sp³-hybridized carbons (Fsp3) is 0.400. The van der Waals surface area contributed by atoms with Crippen LogP contribution in [0.4, 0.5) is 0 Å². The van der Waals surface area contributed by atoms with Gasteiger partial charge in [-0.05, 0) is 31.2 Å². The number of aliphatic hydroxyl groups excluding tert-OH is 1. The summed E-state index contributed by atoms with van der Waals surface area (Å²) in [6.45, 7) is 3.35. The van der Waals surface area contributed by atoms with E-state index in [-0.39, 0.29) is 6.61 Å². The molecule has 1 aromatic carbocycles. The highest BCUT2D eigenvalue weighted by atomic mass is 32.1. The van der Waals surface area contributed by atoms with Gasteiger partial charge >= 0.3 is 0 Å². The lowest BCUT2D eigenvalue weighted by Crippen LogP contribution is -2.31. The van der Waals surface area contributed by atoms with E-state index < -0.39 is 6.10 Å². The van der Waals surface area contributed by atoms with Crippen LogP contribution in [0.1, 0.15) is 10.7 Å². The summed E-state index contributed by atoms with van der Waals surface area (Å²) >= 11 is 1.62. The van der Waals surface area contributed by atoms with Gasteiger partial charge < -0.3 is 19.9 Å². The number of aryl methyl sites for hydroxylation is 1. The normalized spacial score (nSPS) is 12.1. The van der Waals surface area contributed by atoms with Gasteiger partial charge in [0.05, 0.1) is 7.11 Å². The van der Waals surface area contributed by atoms with E-state index in [1.165, 1.54) is 0 Å². The molecule has 0 spiro atoms. The van der Waals surface area contributed by atoms with Gasteiger partial charge in [0, 0.05) is 24.2 Å². The molecular weight excluding hydrogens is 288 g/mol. The summed E-state index contributed by atoms with van der Waals surface area (Å²) in [5.74, 6) is 1.49. The third kappa shape index (κ3) is 5.34. The number of benzene rings is 1. The van der Waals surface area contributed by atoms with Crippen molar-refractivity contribution in [3.63, 3.8) is 0 Å². The molecule has 0 aliphatic heterocycles. The zero-order valence-electron chi connectivity index (χ0n) is 12.2. The summed E-state index contributed by atoms with van der Waals surface area (Å²) in [7, 11) is 1.62. The lowest BCUT2D eigenvalue weighted by atomic mass is 10.3. The van der Waals surface area contributed by atoms with Gasteiger partial charge in [-0.15, -0.1) is 11.3 Å². The van der Waals surface area contributed by atoms with Gasteiger partial charge in [-0.2, -0.15) is 0 Å². The monoisotopic (exact) mass is 308 g/mol. The Balaban J connectivity index is 1.65. The lowest BCUT2D eigenvalue weighted by molar-refractivity contribution is 0.106. The SMILES string of the molecule is COc1ccc(OCC(O)CNCc2nc(C)cs2)cc1. The molecule has 0 fully saturated rings. The van der Waals surface area contributed by atoms with Gasteiger partial charge in [0.15, 0.2) is 0 Å². The molecule has 1 heterocycles. The number of rotatable bonds is 8. The first-order valence-electron chi connectivity index (χ1n) is 6.74. The van der Waals surface area contributed by atoms with Crippen LogP contribution >= 0.6 is 11.3 Å². The number of nitrogens with zero attached hydrogens (tertiary/aromatic N) is 1. The minimum atomic E-state index is -0.562. The van der Waals surface area contributed by atoms with Crippen molar-refractivity contribution in [3.8, 4) is 11.5 Å². The van der Waals surface area contributed by atoms with Gasteiger partial charge in [-0.1, -0.05) is 0 Å². The summed E-state index contributed by atoms with van der Waals surface area (Å²) in [6, 6.07) is 7.28. The predicted molar refractivity (Wildman–Crippen MR) is 83.1 cm³/mol. The first-order chi connectivity index (χ1) is 10.2. The lowest BCUT2D eigenvalue weighted by Gasteiger charge is -2.13. The van der Waals surface area contributed by atoms with Gasteiger partial charge in [-0.3, -0.25) is 0 Å². The standard InChI is InChI=1S/C15H20N2O3S/c1-11-10-21-15(17-11)8-16-7-12(18)9-20-14-5-3-13(19-2)4-6-14/h3-6,10,12,16,18H,7-9H2,1-2H3. The summed E-state index contributed by atoms with van der Waals surface area (Å²) in [6.07, 6.45) is -0.562. The minimum Gasteiger partial charge on any atom is -0.497 e. The first kappa shape index (κ1) is 15.8. The van der Waals surface area contributed by atoms with Crippen molar-refractivity contribution in [1.82, 2.24) is 10.3 Å². The average molecular weight is 308 g/mol. The predicted octanol–water partition coefficient (Wildman–Crippen LogP) is 1.99. The van der Waals surface area contributed by atoms with Crippen molar-refractivity contribution in [2.45, 2.75) is 19.6 Å². The van der Waals surface area contributed by atoms with Gasteiger partial charge in [-0.25, -0.2) is 4.98 Å². The smallest absolute Gasteiger partial charge is 0.119 e. The fourth-order valence-electron chi connectivity index (χ4n) is 1.75. The molecular formula is C15H20N2O3S. The van der Waals surface area contributed by atoms with E-state index in [0.717, 1.165) is 16.5 Å². The molecule has 0 aliphatic carbocycles. The number of aromatic nitrogens is 1. The largest absolute Gasteiger partial charge is 0.497 e. The van der Waals surface area contributed by atoms with Gasteiger partial charge in [0.2, 0.25) is 0 Å². The highest BCUT2D eigenvalue weighted by molar-refractivity contribution is 7.09. The molecule has 1 atom stereocenters. The second kappa shape index (κ2) is 7.97. The molecule has 1 unspecified atom stereocenters. The van der Waals surface area contributed by atoms with Crippen LogP contribution in [0, 0.1) is 6.92 Å². The molecule has 114 valence electrons. The van der Waals surface area contributed by atoms with Crippen molar-refractivity contribution >= 4 is 11.3 Å². The highest BCUT2D eigenvalue weighted by Crippen LogP contribution is 2.17. The maximum atomic E-state index is 9.87. The number of hydrogen-bond acceptors (Lipinski definition) is 6. The van der Waals surface area contributed by atoms with E-state index in [4.69, 9.17) is 9.47 Å². The Bertz CT molecular complexity index is 542. The quantitative estimate of drug-likeness (QED) is 0.781. The molecule has 0 radical (unpaired) electrons. The molecule has 0 bridgehead atoms. The molecule has 1 aromatic heterocycles. The van der Waals surface area contributed by atoms with Crippen molar-refractivity contribution in [2.75, 3.05) is 20.3 Å². The summed E-state index contributed by atoms with van der Waals surface area (Å²) in [5.41, 5.74) is 1.03. The zero-order chi connectivity index (χ0) is 15.1. The molecule has 0 aliphatic rings. The summed E-state index contributed by atoms with van der Waals surface area (Å²) in [5, 5.41) is 16.1. The number of ether oxygens (including phenoxy) is 2. The van der Waals surface area contributed by atoms with E-state index in [1.54, 1.807) is 18.4 Å². The molecule has 5 nitrogen and oxygen atoms in total. The van der Waals surface area contributed by atoms with Crippen molar-refractivity contribution in [1.29, 1.82) is 0 Å². The number of aliphatic hydroxyl groups is 1. The Morgan fingerprint density at radius 2 is 2.00 bits per heavy atom. The van der Waals surface area contributed by atoms with Crippen molar-refractivity contribution in [3.05, 3.63) is 40.3 Å². The molecule has 2 N–H and O–H groups in total. The van der Waals surface area contributed by atoms with Crippen LogP contribution in [-0.2, 0) is 6.54 Å². The van der Waals surface area contributed by atoms with E-state index in [1.807, 2.05) is 36.6 Å². The van der Waals surface area contributed by atoms with Gasteiger partial charge in [0.25, 0.3) is 0 Å². The van der Waals surface area contributed by atoms with Crippen LogP contribution in [0.2, 0.25) is 0 Å². The third-order valence-corrected chi connectivity index (χ3v) is 3.79. The van der Waals surface area contributed by atoms with Crippen LogP contribution in [0.5, 0.6) is 11.5 Å². The number of thiazole rings is 1. The molecule has 2 aromatic rings. The topological polar surface area (TPSA) is 63.6 Å². The van der Waals surface area contributed by atoms with Crippen molar-refractivity contribution < 1.29 is 14.6 Å². The Morgan fingerprint density at radius 3 is 2.62 bits per heavy atom. The first-order valence-corrected chi connectivity index (χ1v) is 7.62. The molecule has 0 saturated heterocycles. The molecule has 2 rings (SSSR count). The summed E-state index contributed by atoms with van der Waals surface area (Å²) in [4.78, 5) is 4.35. The maximum Gasteiger partial charge on any atom is 0.119 e. The number of hydrogen-bond donors (Lipinski definition) is 2. The summed E-state index contributed by atoms with van der Waals surface area (Å²) < 4.78 is 10.6. The third-order valence-electron chi connectivity index (χ3n) is 2.82. The fourth-order valence-corrected chi connectivity index (χ4v) is 2.49. The van der Waals surface area contributed by atoms with Gasteiger partial charge in [0.1, 0.15) is 29.2 Å². The maximum absolute atomic E-state index is 9.87. The zero-order valence-corrected chi connectivity index (χ0v) is 13.0. The van der Waals surface area contributed by atoms with E-state index in [2.05, 4.69) is 10.3 Å². The average Bonchev–Trinajstić information content (AvgIpc) is 2.91. The molecule has 21 heavy (non-hydrogen) atoms. The van der Waals surface area contributed by atoms with Crippen LogP contribution in [0.25, 0.3) is 0 Å². The Labute approximate surface area is 128 Å². The molecule has 6 heteroatoms. The van der Waals surface area contributed by atoms with Crippen LogP contribution in [0.15, 0.2) is 29.6 Å². The van der Waals surface area contributed by atoms with E-state index in [9.17, 15) is 5.11 Å². The second-order valence-electron chi connectivity index (χ2n) is 4.65. The van der Waals surface area contributed by atoms with Crippen LogP contribution < -0.4 is 14.8 Å². The second-order valence-corrected chi connectivity index (χ2v) is 5.60. The number of methoxy groups -OCH3 is 1. The Hall–Kier alpha value is -1.63.